The third-order valence-corrected chi connectivity index (χ3v) is 5.28. The smallest absolute Gasteiger partial charge is 0.356 e. The van der Waals surface area contributed by atoms with Crippen molar-refractivity contribution in [2.75, 3.05) is 18.0 Å². The maximum atomic E-state index is 12.8. The molecule has 0 aromatic carbocycles. The van der Waals surface area contributed by atoms with Crippen molar-refractivity contribution in [3.63, 3.8) is 0 Å². The van der Waals surface area contributed by atoms with Crippen LogP contribution in [0.1, 0.15) is 60.2 Å². The van der Waals surface area contributed by atoms with E-state index in [1.807, 2.05) is 6.92 Å². The molecule has 1 atom stereocenters. The lowest BCUT2D eigenvalue weighted by Gasteiger charge is -2.35. The lowest BCUT2D eigenvalue weighted by molar-refractivity contribution is -0.141. The van der Waals surface area contributed by atoms with E-state index in [4.69, 9.17) is 0 Å². The predicted octanol–water partition coefficient (Wildman–Crippen LogP) is 3.79. The van der Waals surface area contributed by atoms with E-state index in [9.17, 15) is 13.2 Å². The Morgan fingerprint density at radius 2 is 1.96 bits per heavy atom. The Bertz CT molecular complexity index is 799. The molecule has 4 rings (SSSR count). The van der Waals surface area contributed by atoms with E-state index in [-0.39, 0.29) is 5.92 Å². The fraction of sp³-hybridized carbons (Fsp3) is 0.611. The number of aromatic amines is 1. The Balaban J connectivity index is 1.60. The van der Waals surface area contributed by atoms with Crippen molar-refractivity contribution < 1.29 is 13.2 Å². The second kappa shape index (κ2) is 6.55. The molecule has 0 saturated carbocycles. The predicted molar refractivity (Wildman–Crippen MR) is 91.2 cm³/mol. The Kier molecular flexibility index (Phi) is 4.36. The number of rotatable bonds is 2. The number of H-pyrrole nitrogens is 1. The summed E-state index contributed by atoms with van der Waals surface area (Å²) in [5.74, 6) is 2.11. The summed E-state index contributed by atoms with van der Waals surface area (Å²) in [5.41, 5.74) is 1.58. The van der Waals surface area contributed by atoms with Gasteiger partial charge in [-0.1, -0.05) is 0 Å². The molecule has 1 unspecified atom stereocenters. The van der Waals surface area contributed by atoms with Crippen LogP contribution in [0, 0.1) is 6.92 Å². The monoisotopic (exact) mass is 365 g/mol. The van der Waals surface area contributed by atoms with Gasteiger partial charge in [-0.2, -0.15) is 13.2 Å². The number of aryl methyl sites for hydroxylation is 2. The van der Waals surface area contributed by atoms with E-state index >= 15 is 0 Å². The zero-order chi connectivity index (χ0) is 18.3. The largest absolute Gasteiger partial charge is 0.432 e. The highest BCUT2D eigenvalue weighted by atomic mass is 19.4. The van der Waals surface area contributed by atoms with Crippen LogP contribution in [0.4, 0.5) is 19.0 Å². The van der Waals surface area contributed by atoms with Crippen molar-refractivity contribution >= 4 is 5.82 Å². The van der Waals surface area contributed by atoms with E-state index in [1.165, 1.54) is 5.56 Å². The number of piperidine rings is 1. The molecular formula is C18H22F3N5. The average molecular weight is 365 g/mol. The van der Waals surface area contributed by atoms with Crippen LogP contribution in [-0.2, 0) is 19.0 Å². The molecule has 1 N–H and O–H groups in total. The van der Waals surface area contributed by atoms with Crippen LogP contribution in [-0.4, -0.2) is 33.0 Å². The second-order valence-corrected chi connectivity index (χ2v) is 7.19. The molecule has 1 fully saturated rings. The van der Waals surface area contributed by atoms with Crippen molar-refractivity contribution in [2.45, 2.75) is 57.5 Å². The first-order valence-corrected chi connectivity index (χ1v) is 9.15. The van der Waals surface area contributed by atoms with Gasteiger partial charge in [-0.25, -0.2) is 15.0 Å². The molecule has 0 amide bonds. The SMILES string of the molecule is Cc1nc2c(c(N3CCCC(c4ncc(C(F)(F)F)[nH]4)C3)n1)CCCC2. The first kappa shape index (κ1) is 17.3. The van der Waals surface area contributed by atoms with Gasteiger partial charge >= 0.3 is 6.18 Å². The highest BCUT2D eigenvalue weighted by Gasteiger charge is 2.35. The summed E-state index contributed by atoms with van der Waals surface area (Å²) < 4.78 is 38.5. The van der Waals surface area contributed by atoms with Crippen molar-refractivity contribution in [2.24, 2.45) is 0 Å². The van der Waals surface area contributed by atoms with E-state index in [2.05, 4.69) is 24.8 Å². The molecule has 1 aliphatic heterocycles. The van der Waals surface area contributed by atoms with Gasteiger partial charge in [-0.3, -0.25) is 0 Å². The van der Waals surface area contributed by atoms with Gasteiger partial charge in [0.25, 0.3) is 0 Å². The van der Waals surface area contributed by atoms with Crippen LogP contribution in [0.2, 0.25) is 0 Å². The van der Waals surface area contributed by atoms with Gasteiger partial charge in [0.2, 0.25) is 0 Å². The average Bonchev–Trinajstić information content (AvgIpc) is 3.12. The number of halogens is 3. The lowest BCUT2D eigenvalue weighted by Crippen LogP contribution is -2.36. The summed E-state index contributed by atoms with van der Waals surface area (Å²) >= 11 is 0. The van der Waals surface area contributed by atoms with Gasteiger partial charge in [0.15, 0.2) is 0 Å². The lowest BCUT2D eigenvalue weighted by atomic mass is 9.93. The van der Waals surface area contributed by atoms with Crippen molar-refractivity contribution in [3.05, 3.63) is 34.8 Å². The summed E-state index contributed by atoms with van der Waals surface area (Å²) in [6.45, 7) is 3.40. The molecular weight excluding hydrogens is 343 g/mol. The van der Waals surface area contributed by atoms with Gasteiger partial charge in [0, 0.05) is 30.3 Å². The first-order chi connectivity index (χ1) is 12.4. The van der Waals surface area contributed by atoms with Gasteiger partial charge < -0.3 is 9.88 Å². The molecule has 3 heterocycles. The normalized spacial score (nSPS) is 20.9. The van der Waals surface area contributed by atoms with Crippen LogP contribution in [0.15, 0.2) is 6.20 Å². The highest BCUT2D eigenvalue weighted by Crippen LogP contribution is 2.34. The number of hydrogen-bond acceptors (Lipinski definition) is 4. The van der Waals surface area contributed by atoms with Crippen LogP contribution in [0.3, 0.4) is 0 Å². The van der Waals surface area contributed by atoms with Gasteiger partial charge in [0.1, 0.15) is 23.2 Å². The highest BCUT2D eigenvalue weighted by molar-refractivity contribution is 5.51. The molecule has 26 heavy (non-hydrogen) atoms. The number of imidazole rings is 1. The minimum absolute atomic E-state index is 0.0469. The second-order valence-electron chi connectivity index (χ2n) is 7.19. The van der Waals surface area contributed by atoms with Crippen molar-refractivity contribution in [1.29, 1.82) is 0 Å². The van der Waals surface area contributed by atoms with E-state index in [0.717, 1.165) is 68.6 Å². The van der Waals surface area contributed by atoms with E-state index in [1.54, 1.807) is 0 Å². The molecule has 1 aliphatic carbocycles. The molecule has 1 saturated heterocycles. The number of anilines is 1. The third kappa shape index (κ3) is 3.29. The Hall–Kier alpha value is -2.12. The third-order valence-electron chi connectivity index (χ3n) is 5.28. The van der Waals surface area contributed by atoms with Gasteiger partial charge in [-0.05, 0) is 45.4 Å². The minimum Gasteiger partial charge on any atom is -0.356 e. The zero-order valence-electron chi connectivity index (χ0n) is 14.7. The quantitative estimate of drug-likeness (QED) is 0.880. The number of fused-ring (bicyclic) bond motifs is 1. The molecule has 2 aliphatic rings. The van der Waals surface area contributed by atoms with E-state index < -0.39 is 11.9 Å². The Labute approximate surface area is 150 Å². The molecule has 2 aromatic rings. The van der Waals surface area contributed by atoms with Crippen molar-refractivity contribution in [3.8, 4) is 0 Å². The summed E-state index contributed by atoms with van der Waals surface area (Å²) in [5, 5.41) is 0. The summed E-state index contributed by atoms with van der Waals surface area (Å²) in [6.07, 6.45) is 2.49. The van der Waals surface area contributed by atoms with Gasteiger partial charge in [0.05, 0.1) is 6.20 Å². The van der Waals surface area contributed by atoms with Crippen LogP contribution >= 0.6 is 0 Å². The maximum Gasteiger partial charge on any atom is 0.432 e. The van der Waals surface area contributed by atoms with E-state index in [0.29, 0.717) is 12.4 Å². The molecule has 0 radical (unpaired) electrons. The summed E-state index contributed by atoms with van der Waals surface area (Å²) in [6, 6.07) is 0. The first-order valence-electron chi connectivity index (χ1n) is 9.15. The number of aromatic nitrogens is 4. The fourth-order valence-corrected chi connectivity index (χ4v) is 4.04. The summed E-state index contributed by atoms with van der Waals surface area (Å²) in [4.78, 5) is 18.0. The topological polar surface area (TPSA) is 57.7 Å². The molecule has 8 heteroatoms. The number of nitrogens with zero attached hydrogens (tertiary/aromatic N) is 4. The summed E-state index contributed by atoms with van der Waals surface area (Å²) in [7, 11) is 0. The van der Waals surface area contributed by atoms with Crippen LogP contribution < -0.4 is 4.90 Å². The standard InChI is InChI=1S/C18H22F3N5/c1-11-23-14-7-3-2-6-13(14)17(24-11)26-8-4-5-12(10-26)16-22-9-15(25-16)18(19,20)21/h9,12H,2-8,10H2,1H3,(H,22,25). The van der Waals surface area contributed by atoms with Crippen molar-refractivity contribution in [1.82, 2.24) is 19.9 Å². The molecule has 140 valence electrons. The minimum atomic E-state index is -4.39. The molecule has 5 nitrogen and oxygen atoms in total. The number of nitrogens with one attached hydrogen (secondary N) is 1. The molecule has 2 aromatic heterocycles. The molecule has 0 bridgehead atoms. The fourth-order valence-electron chi connectivity index (χ4n) is 4.04. The van der Waals surface area contributed by atoms with Crippen LogP contribution in [0.5, 0.6) is 0 Å². The zero-order valence-corrected chi connectivity index (χ0v) is 14.7. The maximum absolute atomic E-state index is 12.8. The van der Waals surface area contributed by atoms with Crippen LogP contribution in [0.25, 0.3) is 0 Å². The Morgan fingerprint density at radius 1 is 1.15 bits per heavy atom. The van der Waals surface area contributed by atoms with Gasteiger partial charge in [-0.15, -0.1) is 0 Å². The molecule has 0 spiro atoms. The Morgan fingerprint density at radius 3 is 2.73 bits per heavy atom. The number of alkyl halides is 3. The number of hydrogen-bond donors (Lipinski definition) is 1.